The number of hydrogen-bond donors (Lipinski definition) is 1. The van der Waals surface area contributed by atoms with Gasteiger partial charge in [-0.3, -0.25) is 0 Å². The van der Waals surface area contributed by atoms with Gasteiger partial charge in [-0.05, 0) is 83.1 Å². The van der Waals surface area contributed by atoms with Crippen LogP contribution in [0, 0.1) is 11.7 Å². The lowest BCUT2D eigenvalue weighted by Crippen LogP contribution is -2.40. The highest BCUT2D eigenvalue weighted by Gasteiger charge is 2.25. The predicted molar refractivity (Wildman–Crippen MR) is 112 cm³/mol. The van der Waals surface area contributed by atoms with E-state index in [9.17, 15) is 4.39 Å². The van der Waals surface area contributed by atoms with Crippen molar-refractivity contribution >= 4 is 11.6 Å². The van der Waals surface area contributed by atoms with Crippen LogP contribution in [-0.4, -0.2) is 49.9 Å². The van der Waals surface area contributed by atoms with Crippen LogP contribution in [0.5, 0.6) is 5.75 Å². The SMILES string of the molecule is CN(C)CC1=c2onc(CCC3CCNCC3)c2=CCC1Oc1ccc(F)cc1. The molecular weight excluding hydrogens is 369 g/mol. The summed E-state index contributed by atoms with van der Waals surface area (Å²) in [4.78, 5) is 2.11. The molecule has 0 saturated carbocycles. The molecule has 2 heterocycles. The van der Waals surface area contributed by atoms with Gasteiger partial charge in [-0.25, -0.2) is 4.39 Å². The zero-order chi connectivity index (χ0) is 20.2. The lowest BCUT2D eigenvalue weighted by Gasteiger charge is -2.24. The van der Waals surface area contributed by atoms with Crippen molar-refractivity contribution in [2.24, 2.45) is 5.92 Å². The third kappa shape index (κ3) is 4.87. The summed E-state index contributed by atoms with van der Waals surface area (Å²) in [6, 6.07) is 6.18. The Morgan fingerprint density at radius 1 is 1.21 bits per heavy atom. The third-order valence-electron chi connectivity index (χ3n) is 5.85. The fraction of sp³-hybridized carbons (Fsp3) is 0.522. The number of ether oxygens (including phenoxy) is 1. The first-order valence-corrected chi connectivity index (χ1v) is 10.6. The molecule has 0 bridgehead atoms. The molecule has 4 rings (SSSR count). The van der Waals surface area contributed by atoms with Gasteiger partial charge in [-0.15, -0.1) is 0 Å². The normalized spacial score (nSPS) is 19.9. The van der Waals surface area contributed by atoms with Crippen LogP contribution in [0.25, 0.3) is 11.6 Å². The molecule has 5 nitrogen and oxygen atoms in total. The number of benzene rings is 1. The molecule has 1 N–H and O–H groups in total. The Bertz CT molecular complexity index is 930. The summed E-state index contributed by atoms with van der Waals surface area (Å²) in [7, 11) is 4.07. The molecule has 0 spiro atoms. The van der Waals surface area contributed by atoms with E-state index in [1.54, 1.807) is 12.1 Å². The minimum atomic E-state index is -0.263. The van der Waals surface area contributed by atoms with Crippen LogP contribution in [0.3, 0.4) is 0 Å². The van der Waals surface area contributed by atoms with E-state index in [2.05, 4.69) is 21.4 Å². The summed E-state index contributed by atoms with van der Waals surface area (Å²) in [5.74, 6) is 1.17. The molecule has 29 heavy (non-hydrogen) atoms. The van der Waals surface area contributed by atoms with E-state index in [-0.39, 0.29) is 11.9 Å². The topological polar surface area (TPSA) is 50.5 Å². The molecule has 1 aromatic carbocycles. The van der Waals surface area contributed by atoms with Crippen molar-refractivity contribution in [3.05, 3.63) is 46.4 Å². The average molecular weight is 400 g/mol. The van der Waals surface area contributed by atoms with Crippen molar-refractivity contribution < 1.29 is 13.7 Å². The molecule has 1 fully saturated rings. The maximum Gasteiger partial charge on any atom is 0.171 e. The summed E-state index contributed by atoms with van der Waals surface area (Å²) in [5, 5.41) is 8.99. The molecule has 1 saturated heterocycles. The van der Waals surface area contributed by atoms with Crippen LogP contribution < -0.4 is 20.7 Å². The lowest BCUT2D eigenvalue weighted by atomic mass is 9.91. The van der Waals surface area contributed by atoms with Gasteiger partial charge < -0.3 is 19.5 Å². The number of nitrogens with one attached hydrogen (secondary N) is 1. The fourth-order valence-electron chi connectivity index (χ4n) is 4.29. The van der Waals surface area contributed by atoms with E-state index >= 15 is 0 Å². The standard InChI is InChI=1S/C23H30FN3O2/c1-27(2)15-20-22(28-18-6-4-17(24)5-7-18)10-8-19-21(26-29-23(19)20)9-3-16-11-13-25-14-12-16/h4-8,16,22,25H,3,9-15H2,1-2H3. The Kier molecular flexibility index (Phi) is 6.31. The average Bonchev–Trinajstić information content (AvgIpc) is 3.14. The van der Waals surface area contributed by atoms with Crippen LogP contribution in [0.2, 0.25) is 0 Å². The third-order valence-corrected chi connectivity index (χ3v) is 5.85. The molecule has 2 aliphatic rings. The van der Waals surface area contributed by atoms with Gasteiger partial charge in [0, 0.05) is 23.8 Å². The number of fused-ring (bicyclic) bond motifs is 1. The fourth-order valence-corrected chi connectivity index (χ4v) is 4.29. The zero-order valence-electron chi connectivity index (χ0n) is 17.3. The number of hydrogen-bond acceptors (Lipinski definition) is 5. The number of halogens is 1. The van der Waals surface area contributed by atoms with Crippen molar-refractivity contribution in [3.8, 4) is 5.75 Å². The van der Waals surface area contributed by atoms with Crippen LogP contribution in [-0.2, 0) is 6.42 Å². The monoisotopic (exact) mass is 399 g/mol. The van der Waals surface area contributed by atoms with Crippen molar-refractivity contribution in [3.63, 3.8) is 0 Å². The Labute approximate surface area is 171 Å². The second kappa shape index (κ2) is 9.09. The van der Waals surface area contributed by atoms with Gasteiger partial charge >= 0.3 is 0 Å². The van der Waals surface area contributed by atoms with Crippen LogP contribution in [0.1, 0.15) is 31.4 Å². The van der Waals surface area contributed by atoms with Crippen molar-refractivity contribution in [1.82, 2.24) is 15.4 Å². The summed E-state index contributed by atoms with van der Waals surface area (Å²) in [6.07, 6.45) is 7.42. The first-order valence-electron chi connectivity index (χ1n) is 10.6. The summed E-state index contributed by atoms with van der Waals surface area (Å²) in [6.45, 7) is 2.98. The summed E-state index contributed by atoms with van der Waals surface area (Å²) >= 11 is 0. The number of piperidine rings is 1. The number of aryl methyl sites for hydroxylation is 1. The van der Waals surface area contributed by atoms with Gasteiger partial charge in [0.2, 0.25) is 0 Å². The molecule has 156 valence electrons. The largest absolute Gasteiger partial charge is 0.486 e. The van der Waals surface area contributed by atoms with Crippen molar-refractivity contribution in [2.45, 2.75) is 38.2 Å². The number of rotatable bonds is 7. The lowest BCUT2D eigenvalue weighted by molar-refractivity contribution is 0.248. The molecule has 1 aliphatic heterocycles. The molecule has 1 unspecified atom stereocenters. The molecule has 1 aliphatic carbocycles. The zero-order valence-corrected chi connectivity index (χ0v) is 17.3. The van der Waals surface area contributed by atoms with E-state index < -0.39 is 0 Å². The maximum absolute atomic E-state index is 13.2. The van der Waals surface area contributed by atoms with Crippen molar-refractivity contribution in [1.29, 1.82) is 0 Å². The van der Waals surface area contributed by atoms with E-state index in [4.69, 9.17) is 9.26 Å². The Morgan fingerprint density at radius 2 is 1.97 bits per heavy atom. The molecule has 2 aromatic rings. The summed E-state index contributed by atoms with van der Waals surface area (Å²) in [5.41, 5.74) is 3.00. The molecule has 1 atom stereocenters. The highest BCUT2D eigenvalue weighted by Crippen LogP contribution is 2.22. The minimum Gasteiger partial charge on any atom is -0.486 e. The molecule has 0 amide bonds. The van der Waals surface area contributed by atoms with Crippen LogP contribution in [0.15, 0.2) is 28.8 Å². The minimum absolute atomic E-state index is 0.138. The van der Waals surface area contributed by atoms with Crippen LogP contribution >= 0.6 is 0 Å². The second-order valence-electron chi connectivity index (χ2n) is 8.37. The Hall–Kier alpha value is -2.18. The molecule has 1 aromatic heterocycles. The first-order chi connectivity index (χ1) is 14.1. The predicted octanol–water partition coefficient (Wildman–Crippen LogP) is 2.09. The van der Waals surface area contributed by atoms with E-state index in [0.717, 1.165) is 66.7 Å². The quantitative estimate of drug-likeness (QED) is 0.773. The second-order valence-corrected chi connectivity index (χ2v) is 8.37. The van der Waals surface area contributed by atoms with Gasteiger partial charge in [-0.1, -0.05) is 11.2 Å². The molecule has 6 heteroatoms. The number of aromatic nitrogens is 1. The number of nitrogens with zero attached hydrogens (tertiary/aromatic N) is 2. The van der Waals surface area contributed by atoms with Gasteiger partial charge in [-0.2, -0.15) is 0 Å². The smallest absolute Gasteiger partial charge is 0.171 e. The molecule has 0 radical (unpaired) electrons. The van der Waals surface area contributed by atoms with Gasteiger partial charge in [0.15, 0.2) is 5.42 Å². The first kappa shape index (κ1) is 20.1. The van der Waals surface area contributed by atoms with Crippen molar-refractivity contribution in [2.75, 3.05) is 33.7 Å². The van der Waals surface area contributed by atoms with Gasteiger partial charge in [0.1, 0.15) is 17.7 Å². The Balaban J connectivity index is 1.57. The van der Waals surface area contributed by atoms with Gasteiger partial charge in [0.25, 0.3) is 0 Å². The van der Waals surface area contributed by atoms with E-state index in [0.29, 0.717) is 5.75 Å². The Morgan fingerprint density at radius 3 is 2.69 bits per heavy atom. The highest BCUT2D eigenvalue weighted by atomic mass is 19.1. The maximum atomic E-state index is 13.2. The van der Waals surface area contributed by atoms with E-state index in [1.807, 2.05) is 14.1 Å². The highest BCUT2D eigenvalue weighted by molar-refractivity contribution is 5.56. The summed E-state index contributed by atoms with van der Waals surface area (Å²) < 4.78 is 25.2. The van der Waals surface area contributed by atoms with Gasteiger partial charge in [0.05, 0.1) is 5.69 Å². The van der Waals surface area contributed by atoms with Crippen LogP contribution in [0.4, 0.5) is 4.39 Å². The molecular formula is C23H30FN3O2. The van der Waals surface area contributed by atoms with E-state index in [1.165, 1.54) is 25.0 Å².